The molecule has 8 heavy (non-hydrogen) atoms. The van der Waals surface area contributed by atoms with Crippen LogP contribution in [0.4, 0.5) is 0 Å². The second-order valence-corrected chi connectivity index (χ2v) is 2.91. The molecule has 0 atom stereocenters. The molecule has 50 valence electrons. The van der Waals surface area contributed by atoms with Crippen molar-refractivity contribution < 1.29 is 10.2 Å². The third kappa shape index (κ3) is 3.83. The van der Waals surface area contributed by atoms with Crippen molar-refractivity contribution in [3.63, 3.8) is 0 Å². The number of aliphatic hydroxyl groups is 2. The minimum absolute atomic E-state index is 0.200. The van der Waals surface area contributed by atoms with Gasteiger partial charge in [0.2, 0.25) is 0 Å². The van der Waals surface area contributed by atoms with E-state index in [0.29, 0.717) is 11.8 Å². The third-order valence-electron chi connectivity index (χ3n) is 0.709. The van der Waals surface area contributed by atoms with Gasteiger partial charge in [-0.05, 0) is 0 Å². The molecule has 0 fully saturated rings. The van der Waals surface area contributed by atoms with Gasteiger partial charge in [0.15, 0.2) is 5.79 Å². The van der Waals surface area contributed by atoms with Gasteiger partial charge in [0.1, 0.15) is 0 Å². The number of rotatable bonds is 3. The van der Waals surface area contributed by atoms with E-state index in [0.717, 1.165) is 0 Å². The highest BCUT2D eigenvalue weighted by Gasteiger charge is 2.18. The molecule has 0 aliphatic heterocycles. The predicted molar refractivity (Wildman–Crippen MR) is 39.4 cm³/mol. The summed E-state index contributed by atoms with van der Waals surface area (Å²) in [4.78, 5) is 0. The average Bonchev–Trinajstić information content (AvgIpc) is 1.67. The Bertz CT molecular complexity index is 65.1. The summed E-state index contributed by atoms with van der Waals surface area (Å²) in [7, 11) is 0. The molecule has 2 N–H and O–H groups in total. The lowest BCUT2D eigenvalue weighted by Gasteiger charge is -2.16. The first-order valence-electron chi connectivity index (χ1n) is 2.19. The molecule has 0 aliphatic carbocycles. The summed E-state index contributed by atoms with van der Waals surface area (Å²) in [6.45, 7) is 0. The van der Waals surface area contributed by atoms with Gasteiger partial charge < -0.3 is 10.2 Å². The number of alkyl halides is 2. The number of hydrogen-bond acceptors (Lipinski definition) is 2. The van der Waals surface area contributed by atoms with Gasteiger partial charge in [0.25, 0.3) is 0 Å². The quantitative estimate of drug-likeness (QED) is 0.574. The Labute approximate surface area is 65.2 Å². The Morgan fingerprint density at radius 2 is 1.75 bits per heavy atom. The van der Waals surface area contributed by atoms with E-state index < -0.39 is 5.79 Å². The molecule has 0 aliphatic rings. The van der Waals surface area contributed by atoms with Crippen LogP contribution >= 0.6 is 31.9 Å². The molecule has 4 heteroatoms. The van der Waals surface area contributed by atoms with E-state index in [1.54, 1.807) is 0 Å². The van der Waals surface area contributed by atoms with Crippen LogP contribution in [0.25, 0.3) is 0 Å². The molecule has 0 spiro atoms. The summed E-state index contributed by atoms with van der Waals surface area (Å²) in [6.07, 6.45) is 0.345. The van der Waals surface area contributed by atoms with Gasteiger partial charge in [0.05, 0.1) is 5.33 Å². The van der Waals surface area contributed by atoms with E-state index >= 15 is 0 Å². The molecule has 0 radical (unpaired) electrons. The Kier molecular flexibility index (Phi) is 4.24. The molecule has 0 rings (SSSR count). The highest BCUT2D eigenvalue weighted by atomic mass is 79.9. The van der Waals surface area contributed by atoms with E-state index in [2.05, 4.69) is 31.9 Å². The van der Waals surface area contributed by atoms with Crippen molar-refractivity contribution in [1.82, 2.24) is 0 Å². The van der Waals surface area contributed by atoms with Crippen LogP contribution in [0, 0.1) is 0 Å². The fraction of sp³-hybridized carbons (Fsp3) is 1.00. The molecule has 0 saturated carbocycles. The Balaban J connectivity index is 3.37. The Morgan fingerprint density at radius 1 is 1.25 bits per heavy atom. The monoisotopic (exact) mass is 246 g/mol. The normalized spacial score (nSPS) is 12.0. The average molecular weight is 248 g/mol. The summed E-state index contributed by atoms with van der Waals surface area (Å²) in [5.41, 5.74) is 0. The van der Waals surface area contributed by atoms with Crippen LogP contribution in [-0.2, 0) is 0 Å². The van der Waals surface area contributed by atoms with E-state index in [1.807, 2.05) is 0 Å². The molecule has 0 aromatic heterocycles. The van der Waals surface area contributed by atoms with Crippen molar-refractivity contribution >= 4 is 31.9 Å². The van der Waals surface area contributed by atoms with E-state index in [4.69, 9.17) is 10.2 Å². The zero-order valence-corrected chi connectivity index (χ0v) is 7.44. The van der Waals surface area contributed by atoms with Gasteiger partial charge in [-0.3, -0.25) is 0 Å². The van der Waals surface area contributed by atoms with Gasteiger partial charge in [-0.2, -0.15) is 0 Å². The second kappa shape index (κ2) is 3.82. The summed E-state index contributed by atoms with van der Waals surface area (Å²) in [6, 6.07) is 0. The van der Waals surface area contributed by atoms with Crippen molar-refractivity contribution in [3.05, 3.63) is 0 Å². The molecule has 0 saturated heterocycles. The van der Waals surface area contributed by atoms with Crippen LogP contribution in [-0.4, -0.2) is 26.7 Å². The SMILES string of the molecule is OC(O)(CBr)CCBr. The van der Waals surface area contributed by atoms with Crippen LogP contribution in [0.1, 0.15) is 6.42 Å². The maximum absolute atomic E-state index is 8.80. The van der Waals surface area contributed by atoms with Crippen molar-refractivity contribution in [2.75, 3.05) is 10.7 Å². The molecule has 0 amide bonds. The lowest BCUT2D eigenvalue weighted by Crippen LogP contribution is -2.30. The fourth-order valence-electron chi connectivity index (χ4n) is 0.218. The molecule has 0 unspecified atom stereocenters. The van der Waals surface area contributed by atoms with Crippen molar-refractivity contribution in [3.8, 4) is 0 Å². The van der Waals surface area contributed by atoms with Crippen LogP contribution in [0.3, 0.4) is 0 Å². The van der Waals surface area contributed by atoms with Crippen molar-refractivity contribution in [2.45, 2.75) is 12.2 Å². The summed E-state index contributed by atoms with van der Waals surface area (Å²) in [5.74, 6) is -1.54. The molecule has 2 nitrogen and oxygen atoms in total. The molecule has 0 bridgehead atoms. The van der Waals surface area contributed by atoms with Crippen molar-refractivity contribution in [2.24, 2.45) is 0 Å². The lowest BCUT2D eigenvalue weighted by atomic mass is 10.3. The van der Waals surface area contributed by atoms with Gasteiger partial charge in [-0.25, -0.2) is 0 Å². The first kappa shape index (κ1) is 8.88. The van der Waals surface area contributed by atoms with Gasteiger partial charge >= 0.3 is 0 Å². The van der Waals surface area contributed by atoms with E-state index in [9.17, 15) is 0 Å². The highest BCUT2D eigenvalue weighted by Crippen LogP contribution is 2.09. The summed E-state index contributed by atoms with van der Waals surface area (Å²) >= 11 is 6.04. The lowest BCUT2D eigenvalue weighted by molar-refractivity contribution is -0.139. The van der Waals surface area contributed by atoms with E-state index in [1.165, 1.54) is 0 Å². The second-order valence-electron chi connectivity index (χ2n) is 1.56. The van der Waals surface area contributed by atoms with Crippen LogP contribution in [0.5, 0.6) is 0 Å². The molecular weight excluding hydrogens is 240 g/mol. The summed E-state index contributed by atoms with van der Waals surface area (Å²) < 4.78 is 0. The van der Waals surface area contributed by atoms with E-state index in [-0.39, 0.29) is 5.33 Å². The molecule has 0 heterocycles. The highest BCUT2D eigenvalue weighted by molar-refractivity contribution is 9.09. The van der Waals surface area contributed by atoms with Crippen molar-refractivity contribution in [1.29, 1.82) is 0 Å². The zero-order chi connectivity index (χ0) is 6.62. The molecular formula is C4H8Br2O2. The first-order valence-corrected chi connectivity index (χ1v) is 4.43. The topological polar surface area (TPSA) is 40.5 Å². The molecule has 0 aromatic rings. The maximum atomic E-state index is 8.80. The zero-order valence-electron chi connectivity index (χ0n) is 4.27. The standard InChI is InChI=1S/C4H8Br2O2/c5-2-1-4(7,8)3-6/h7-8H,1-3H2. The number of halogens is 2. The summed E-state index contributed by atoms with van der Waals surface area (Å²) in [5, 5.41) is 18.4. The smallest absolute Gasteiger partial charge is 0.173 e. The largest absolute Gasteiger partial charge is 0.365 e. The van der Waals surface area contributed by atoms with Gasteiger partial charge in [-0.1, -0.05) is 31.9 Å². The Morgan fingerprint density at radius 3 is 1.88 bits per heavy atom. The third-order valence-corrected chi connectivity index (χ3v) is 2.00. The number of hydrogen-bond donors (Lipinski definition) is 2. The minimum atomic E-state index is -1.54. The Hall–Kier alpha value is 0.880. The molecule has 0 aromatic carbocycles. The van der Waals surface area contributed by atoms with Crippen LogP contribution in [0.15, 0.2) is 0 Å². The minimum Gasteiger partial charge on any atom is -0.365 e. The van der Waals surface area contributed by atoms with Crippen LogP contribution in [0.2, 0.25) is 0 Å². The van der Waals surface area contributed by atoms with Gasteiger partial charge in [0, 0.05) is 11.8 Å². The fourth-order valence-corrected chi connectivity index (χ4v) is 1.13. The van der Waals surface area contributed by atoms with Crippen LogP contribution < -0.4 is 0 Å². The van der Waals surface area contributed by atoms with Gasteiger partial charge in [-0.15, -0.1) is 0 Å². The predicted octanol–water partition coefficient (Wildman–Crippen LogP) is 0.847. The maximum Gasteiger partial charge on any atom is 0.173 e. The first-order chi connectivity index (χ1) is 3.62.